The van der Waals surface area contributed by atoms with E-state index in [1.165, 1.54) is 18.9 Å². The van der Waals surface area contributed by atoms with E-state index in [-0.39, 0.29) is 25.0 Å². The number of hydrogen-bond donors (Lipinski definition) is 0. The fourth-order valence-electron chi connectivity index (χ4n) is 5.32. The number of alkyl halides is 6. The van der Waals surface area contributed by atoms with Gasteiger partial charge in [0.15, 0.2) is 0 Å². The SMILES string of the molecule is COC(=O)CCc1ccc(Cl)c(-c2ccc(N3CCC3)nc2CN2C(=O)O[C@H](c3cc(C(F)(F)F)cc(C(F)(F)F)c3)[C@@H]2C)c1. The van der Waals surface area contributed by atoms with Crippen LogP contribution in [0.15, 0.2) is 48.5 Å². The number of amides is 1. The van der Waals surface area contributed by atoms with Crippen molar-refractivity contribution in [2.24, 2.45) is 0 Å². The monoisotopic (exact) mass is 655 g/mol. The van der Waals surface area contributed by atoms with E-state index in [1.807, 2.05) is 11.0 Å². The van der Waals surface area contributed by atoms with E-state index in [4.69, 9.17) is 26.1 Å². The topological polar surface area (TPSA) is 72.0 Å². The van der Waals surface area contributed by atoms with Gasteiger partial charge in [0, 0.05) is 35.7 Å². The Hall–Kier alpha value is -4.00. The Morgan fingerprint density at radius 3 is 2.24 bits per heavy atom. The highest BCUT2D eigenvalue weighted by atomic mass is 35.5. The van der Waals surface area contributed by atoms with Crippen LogP contribution in [0.4, 0.5) is 37.0 Å². The standard InChI is InChI=1S/C31H28ClF6N3O4/c1-17-28(19-13-20(30(33,34)35)15-21(14-19)31(36,37)38)45-29(43)41(17)16-25-22(6-8-26(39-25)40-10-3-11-40)23-12-18(4-7-24(23)32)5-9-27(42)44-2/h4,6-8,12-15,17,28H,3,5,9-11,16H2,1-2H3/t17-,28-/m0/s1. The fraction of sp³-hybridized carbons (Fsp3) is 0.387. The summed E-state index contributed by atoms with van der Waals surface area (Å²) in [6.45, 7) is 2.87. The van der Waals surface area contributed by atoms with E-state index < -0.39 is 47.3 Å². The molecule has 0 aliphatic carbocycles. The van der Waals surface area contributed by atoms with E-state index in [9.17, 15) is 35.9 Å². The van der Waals surface area contributed by atoms with Gasteiger partial charge in [-0.1, -0.05) is 17.7 Å². The zero-order valence-corrected chi connectivity index (χ0v) is 24.9. The number of carbonyl (C=O) groups excluding carboxylic acids is 2. The van der Waals surface area contributed by atoms with Gasteiger partial charge in [-0.25, -0.2) is 9.78 Å². The number of aromatic nitrogens is 1. The molecule has 2 saturated heterocycles. The average molecular weight is 656 g/mol. The maximum atomic E-state index is 13.5. The van der Waals surface area contributed by atoms with Crippen LogP contribution in [0.1, 0.15) is 53.8 Å². The highest BCUT2D eigenvalue weighted by Crippen LogP contribution is 2.42. The number of anilines is 1. The summed E-state index contributed by atoms with van der Waals surface area (Å²) >= 11 is 6.60. The van der Waals surface area contributed by atoms with Crippen molar-refractivity contribution in [1.29, 1.82) is 0 Å². The molecule has 2 aliphatic rings. The number of halogens is 7. The Morgan fingerprint density at radius 2 is 1.67 bits per heavy atom. The lowest BCUT2D eigenvalue weighted by atomic mass is 9.96. The summed E-state index contributed by atoms with van der Waals surface area (Å²) in [7, 11) is 1.30. The van der Waals surface area contributed by atoms with Gasteiger partial charge in [0.05, 0.1) is 36.5 Å². The molecular formula is C31H28ClF6N3O4. The molecule has 0 N–H and O–H groups in total. The summed E-state index contributed by atoms with van der Waals surface area (Å²) in [6, 6.07) is 9.07. The molecular weight excluding hydrogens is 628 g/mol. The van der Waals surface area contributed by atoms with Crippen molar-refractivity contribution in [3.05, 3.63) is 81.5 Å². The third-order valence-corrected chi connectivity index (χ3v) is 8.29. The molecule has 45 heavy (non-hydrogen) atoms. The third kappa shape index (κ3) is 6.98. The number of methoxy groups -OCH3 is 1. The number of benzene rings is 2. The lowest BCUT2D eigenvalue weighted by molar-refractivity contribution is -0.143. The number of carbonyl (C=O) groups is 2. The first-order valence-corrected chi connectivity index (χ1v) is 14.4. The smallest absolute Gasteiger partial charge is 0.416 e. The Morgan fingerprint density at radius 1 is 1.00 bits per heavy atom. The first kappa shape index (κ1) is 32.4. The molecule has 2 aliphatic heterocycles. The zero-order valence-electron chi connectivity index (χ0n) is 24.1. The number of rotatable bonds is 8. The van der Waals surface area contributed by atoms with E-state index in [0.717, 1.165) is 25.1 Å². The maximum absolute atomic E-state index is 13.5. The number of esters is 1. The van der Waals surface area contributed by atoms with Crippen molar-refractivity contribution in [2.45, 2.75) is 57.2 Å². The van der Waals surface area contributed by atoms with Gasteiger partial charge >= 0.3 is 24.4 Å². The molecule has 0 bridgehead atoms. The lowest BCUT2D eigenvalue weighted by Gasteiger charge is -2.33. The molecule has 0 radical (unpaired) electrons. The van der Waals surface area contributed by atoms with Crippen LogP contribution in [0.25, 0.3) is 11.1 Å². The molecule has 1 aromatic heterocycles. The molecule has 3 heterocycles. The highest BCUT2D eigenvalue weighted by molar-refractivity contribution is 6.33. The van der Waals surface area contributed by atoms with Crippen molar-refractivity contribution in [1.82, 2.24) is 9.88 Å². The second kappa shape index (κ2) is 12.4. The second-order valence-corrected chi connectivity index (χ2v) is 11.3. The molecule has 5 rings (SSSR count). The molecule has 2 atom stereocenters. The van der Waals surface area contributed by atoms with Gasteiger partial charge in [0.1, 0.15) is 11.9 Å². The van der Waals surface area contributed by atoms with Gasteiger partial charge in [0.25, 0.3) is 0 Å². The minimum absolute atomic E-state index is 0.0310. The van der Waals surface area contributed by atoms with Crippen LogP contribution in [0.2, 0.25) is 5.02 Å². The number of nitrogens with zero attached hydrogens (tertiary/aromatic N) is 3. The van der Waals surface area contributed by atoms with Crippen molar-refractivity contribution in [3.8, 4) is 11.1 Å². The van der Waals surface area contributed by atoms with E-state index in [0.29, 0.717) is 46.2 Å². The highest BCUT2D eigenvalue weighted by Gasteiger charge is 2.43. The second-order valence-electron chi connectivity index (χ2n) is 10.9. The Balaban J connectivity index is 1.50. The van der Waals surface area contributed by atoms with Crippen LogP contribution >= 0.6 is 11.6 Å². The normalized spacial score (nSPS) is 18.6. The third-order valence-electron chi connectivity index (χ3n) is 7.96. The predicted molar refractivity (Wildman–Crippen MR) is 153 cm³/mol. The quantitative estimate of drug-likeness (QED) is 0.182. The number of ether oxygens (including phenoxy) is 2. The van der Waals surface area contributed by atoms with Gasteiger partial charge in [-0.3, -0.25) is 9.69 Å². The van der Waals surface area contributed by atoms with Crippen molar-refractivity contribution >= 4 is 29.5 Å². The number of hydrogen-bond acceptors (Lipinski definition) is 6. The van der Waals surface area contributed by atoms with Crippen LogP contribution in [-0.4, -0.2) is 48.2 Å². The number of pyridine rings is 1. The molecule has 0 unspecified atom stereocenters. The predicted octanol–water partition coefficient (Wildman–Crippen LogP) is 7.84. The summed E-state index contributed by atoms with van der Waals surface area (Å²) in [5.74, 6) is 0.259. The van der Waals surface area contributed by atoms with Gasteiger partial charge in [-0.2, -0.15) is 26.3 Å². The van der Waals surface area contributed by atoms with Crippen LogP contribution in [-0.2, 0) is 39.6 Å². The first-order chi connectivity index (χ1) is 21.2. The molecule has 0 saturated carbocycles. The fourth-order valence-corrected chi connectivity index (χ4v) is 5.54. The van der Waals surface area contributed by atoms with Gasteiger partial charge in [0.2, 0.25) is 0 Å². The molecule has 0 spiro atoms. The number of cyclic esters (lactones) is 1. The number of aryl methyl sites for hydroxylation is 1. The molecule has 240 valence electrons. The van der Waals surface area contributed by atoms with E-state index >= 15 is 0 Å². The Kier molecular flexibility index (Phi) is 8.94. The zero-order chi connectivity index (χ0) is 32.7. The molecule has 2 fully saturated rings. The average Bonchev–Trinajstić information content (AvgIpc) is 3.23. The van der Waals surface area contributed by atoms with E-state index in [2.05, 4.69) is 0 Å². The van der Waals surface area contributed by atoms with Gasteiger partial charge in [-0.15, -0.1) is 0 Å². The maximum Gasteiger partial charge on any atom is 0.416 e. The molecule has 7 nitrogen and oxygen atoms in total. The van der Waals surface area contributed by atoms with Crippen molar-refractivity contribution in [2.75, 3.05) is 25.1 Å². The van der Waals surface area contributed by atoms with Gasteiger partial charge in [-0.05, 0) is 73.4 Å². The lowest BCUT2D eigenvalue weighted by Crippen LogP contribution is -2.38. The van der Waals surface area contributed by atoms with Crippen molar-refractivity contribution in [3.63, 3.8) is 0 Å². The van der Waals surface area contributed by atoms with Gasteiger partial charge < -0.3 is 14.4 Å². The first-order valence-electron chi connectivity index (χ1n) is 14.0. The summed E-state index contributed by atoms with van der Waals surface area (Å²) in [5, 5.41) is 0.370. The Labute approximate surface area is 259 Å². The van der Waals surface area contributed by atoms with Crippen LogP contribution in [0, 0.1) is 0 Å². The molecule has 1 amide bonds. The minimum Gasteiger partial charge on any atom is -0.469 e. The van der Waals surface area contributed by atoms with Crippen LogP contribution < -0.4 is 4.90 Å². The Bertz CT molecular complexity index is 1580. The molecule has 14 heteroatoms. The molecule has 3 aromatic rings. The summed E-state index contributed by atoms with van der Waals surface area (Å²) < 4.78 is 91.3. The summed E-state index contributed by atoms with van der Waals surface area (Å²) in [4.78, 5) is 32.9. The van der Waals surface area contributed by atoms with Crippen LogP contribution in [0.5, 0.6) is 0 Å². The van der Waals surface area contributed by atoms with Crippen LogP contribution in [0.3, 0.4) is 0 Å². The van der Waals surface area contributed by atoms with Crippen molar-refractivity contribution < 1.29 is 45.4 Å². The molecule has 2 aromatic carbocycles. The van der Waals surface area contributed by atoms with E-state index in [1.54, 1.807) is 24.3 Å². The summed E-state index contributed by atoms with van der Waals surface area (Å²) in [6.07, 6.45) is -10.9. The summed E-state index contributed by atoms with van der Waals surface area (Å²) in [5.41, 5.74) is -1.10. The largest absolute Gasteiger partial charge is 0.469 e. The minimum atomic E-state index is -5.05.